The number of hydrogen-bond acceptors (Lipinski definition) is 4. The Morgan fingerprint density at radius 2 is 2.19 bits per heavy atom. The van der Waals surface area contributed by atoms with E-state index in [1.165, 1.54) is 27.8 Å². The Morgan fingerprint density at radius 1 is 1.48 bits per heavy atom. The lowest BCUT2D eigenvalue weighted by Gasteiger charge is -2.35. The van der Waals surface area contributed by atoms with Crippen LogP contribution >= 0.6 is 11.6 Å². The van der Waals surface area contributed by atoms with Gasteiger partial charge in [0.05, 0.1) is 11.8 Å². The maximum absolute atomic E-state index is 13.9. The fourth-order valence-corrected chi connectivity index (χ4v) is 2.34. The summed E-state index contributed by atoms with van der Waals surface area (Å²) in [6, 6.07) is 4.18. The molecule has 21 heavy (non-hydrogen) atoms. The Morgan fingerprint density at radius 3 is 2.81 bits per heavy atom. The molecule has 8 heteroatoms. The molecule has 1 N–H and O–H groups in total. The molecule has 1 amide bonds. The largest absolute Gasteiger partial charge is 0.389 e. The minimum absolute atomic E-state index is 0.149. The average Bonchev–Trinajstić information content (AvgIpc) is 2.76. The van der Waals surface area contributed by atoms with Crippen LogP contribution in [0.2, 0.25) is 5.02 Å². The Bertz CT molecular complexity index is 712. The molecule has 0 spiro atoms. The molecule has 1 saturated heterocycles. The van der Waals surface area contributed by atoms with Crippen LogP contribution in [0, 0.1) is 12.7 Å². The van der Waals surface area contributed by atoms with Gasteiger partial charge in [-0.3, -0.25) is 4.79 Å². The van der Waals surface area contributed by atoms with Gasteiger partial charge in [0.15, 0.2) is 5.69 Å². The van der Waals surface area contributed by atoms with Crippen LogP contribution in [-0.4, -0.2) is 50.1 Å². The zero-order valence-electron chi connectivity index (χ0n) is 11.1. The number of hydrogen-bond donors (Lipinski definition) is 1. The van der Waals surface area contributed by atoms with Gasteiger partial charge in [0.25, 0.3) is 5.91 Å². The number of halogens is 2. The molecular weight excluding hydrogens is 299 g/mol. The summed E-state index contributed by atoms with van der Waals surface area (Å²) in [4.78, 5) is 13.6. The highest BCUT2D eigenvalue weighted by molar-refractivity contribution is 6.30. The van der Waals surface area contributed by atoms with Crippen molar-refractivity contribution in [2.75, 3.05) is 13.1 Å². The molecule has 1 aromatic heterocycles. The summed E-state index contributed by atoms with van der Waals surface area (Å²) in [5.41, 5.74) is 0.756. The molecule has 1 aromatic carbocycles. The normalized spacial score (nSPS) is 15.1. The van der Waals surface area contributed by atoms with Gasteiger partial charge >= 0.3 is 0 Å². The summed E-state index contributed by atoms with van der Waals surface area (Å²) < 4.78 is 15.2. The van der Waals surface area contributed by atoms with Crippen LogP contribution < -0.4 is 0 Å². The quantitative estimate of drug-likeness (QED) is 0.904. The number of nitrogens with zero attached hydrogens (tertiary/aromatic N) is 4. The van der Waals surface area contributed by atoms with Crippen LogP contribution in [0.25, 0.3) is 5.69 Å². The Balaban J connectivity index is 1.94. The van der Waals surface area contributed by atoms with E-state index in [0.717, 1.165) is 0 Å². The molecular formula is C13H12ClFN4O2. The zero-order valence-corrected chi connectivity index (χ0v) is 11.9. The maximum Gasteiger partial charge on any atom is 0.276 e. The third kappa shape index (κ3) is 2.38. The van der Waals surface area contributed by atoms with Crippen molar-refractivity contribution in [2.45, 2.75) is 13.0 Å². The molecule has 2 heterocycles. The van der Waals surface area contributed by atoms with Crippen molar-refractivity contribution in [1.82, 2.24) is 19.9 Å². The topological polar surface area (TPSA) is 71.2 Å². The summed E-state index contributed by atoms with van der Waals surface area (Å²) in [6.45, 7) is 2.19. The molecule has 1 fully saturated rings. The molecule has 2 aromatic rings. The zero-order chi connectivity index (χ0) is 15.1. The van der Waals surface area contributed by atoms with E-state index in [9.17, 15) is 14.3 Å². The van der Waals surface area contributed by atoms with E-state index in [1.807, 2.05) is 0 Å². The summed E-state index contributed by atoms with van der Waals surface area (Å²) in [5, 5.41) is 17.2. The predicted molar refractivity (Wildman–Crippen MR) is 73.0 cm³/mol. The number of carbonyl (C=O) groups is 1. The Hall–Kier alpha value is -1.99. The monoisotopic (exact) mass is 310 g/mol. The number of β-amino-alcohol motifs (C(OH)–C–C–N with tert-alkyl or cyclic N) is 1. The number of benzene rings is 1. The van der Waals surface area contributed by atoms with Crippen LogP contribution in [0.3, 0.4) is 0 Å². The molecule has 0 aliphatic carbocycles. The maximum atomic E-state index is 13.9. The fourth-order valence-electron chi connectivity index (χ4n) is 2.18. The second-order valence-electron chi connectivity index (χ2n) is 4.89. The second kappa shape index (κ2) is 5.09. The van der Waals surface area contributed by atoms with Gasteiger partial charge in [0.2, 0.25) is 0 Å². The molecule has 1 aliphatic rings. The number of amides is 1. The fraction of sp³-hybridized carbons (Fsp3) is 0.308. The Labute approximate surface area is 124 Å². The van der Waals surface area contributed by atoms with Crippen LogP contribution in [0.15, 0.2) is 18.2 Å². The number of aliphatic hydroxyl groups is 1. The van der Waals surface area contributed by atoms with E-state index >= 15 is 0 Å². The van der Waals surface area contributed by atoms with Gasteiger partial charge in [-0.15, -0.1) is 5.10 Å². The molecule has 0 unspecified atom stereocenters. The highest BCUT2D eigenvalue weighted by atomic mass is 35.5. The smallest absolute Gasteiger partial charge is 0.276 e. The minimum atomic E-state index is -0.547. The lowest BCUT2D eigenvalue weighted by molar-refractivity contribution is 0.00544. The van der Waals surface area contributed by atoms with Gasteiger partial charge in [-0.05, 0) is 25.1 Å². The molecule has 0 atom stereocenters. The molecule has 3 rings (SSSR count). The highest BCUT2D eigenvalue weighted by Crippen LogP contribution is 2.21. The van der Waals surface area contributed by atoms with Gasteiger partial charge in [0, 0.05) is 18.1 Å². The standard InChI is InChI=1S/C13H12ClFN4O2/c1-7-12(13(21)18-5-9(20)6-18)16-17-19(7)11-3-2-8(14)4-10(11)15/h2-4,9,20H,5-6H2,1H3. The summed E-state index contributed by atoms with van der Waals surface area (Å²) in [5.74, 6) is -0.868. The van der Waals surface area contributed by atoms with Crippen molar-refractivity contribution in [3.8, 4) is 5.69 Å². The van der Waals surface area contributed by atoms with Crippen molar-refractivity contribution in [2.24, 2.45) is 0 Å². The molecule has 1 aliphatic heterocycles. The van der Waals surface area contributed by atoms with Gasteiger partial charge in [-0.1, -0.05) is 16.8 Å². The average molecular weight is 311 g/mol. The van der Waals surface area contributed by atoms with Crippen molar-refractivity contribution >= 4 is 17.5 Å². The number of likely N-dealkylation sites (tertiary alicyclic amines) is 1. The van der Waals surface area contributed by atoms with Crippen LogP contribution in [0.5, 0.6) is 0 Å². The molecule has 0 radical (unpaired) electrons. The molecule has 110 valence electrons. The molecule has 6 nitrogen and oxygen atoms in total. The van der Waals surface area contributed by atoms with Gasteiger partial charge < -0.3 is 10.0 Å². The minimum Gasteiger partial charge on any atom is -0.389 e. The first-order valence-corrected chi connectivity index (χ1v) is 6.70. The van der Waals surface area contributed by atoms with Gasteiger partial charge in [0.1, 0.15) is 11.5 Å². The van der Waals surface area contributed by atoms with Gasteiger partial charge in [-0.2, -0.15) is 0 Å². The number of rotatable bonds is 2. The first-order chi connectivity index (χ1) is 9.97. The van der Waals surface area contributed by atoms with Crippen molar-refractivity contribution in [3.05, 3.63) is 40.4 Å². The van der Waals surface area contributed by atoms with E-state index in [2.05, 4.69) is 10.3 Å². The SMILES string of the molecule is Cc1c(C(=O)N2CC(O)C2)nnn1-c1ccc(Cl)cc1F. The van der Waals surface area contributed by atoms with E-state index in [1.54, 1.807) is 6.92 Å². The third-order valence-electron chi connectivity index (χ3n) is 3.38. The van der Waals surface area contributed by atoms with Gasteiger partial charge in [-0.25, -0.2) is 9.07 Å². The lowest BCUT2D eigenvalue weighted by atomic mass is 10.1. The highest BCUT2D eigenvalue weighted by Gasteiger charge is 2.32. The van der Waals surface area contributed by atoms with E-state index in [0.29, 0.717) is 5.69 Å². The predicted octanol–water partition coefficient (Wildman–Crippen LogP) is 1.18. The number of aromatic nitrogens is 3. The first kappa shape index (κ1) is 14.0. The van der Waals surface area contributed by atoms with E-state index < -0.39 is 11.9 Å². The van der Waals surface area contributed by atoms with Crippen molar-refractivity contribution in [3.63, 3.8) is 0 Å². The van der Waals surface area contributed by atoms with Crippen LogP contribution in [0.4, 0.5) is 4.39 Å². The van der Waals surface area contributed by atoms with Crippen LogP contribution in [-0.2, 0) is 0 Å². The lowest BCUT2D eigenvalue weighted by Crippen LogP contribution is -2.53. The Kier molecular flexibility index (Phi) is 3.38. The first-order valence-electron chi connectivity index (χ1n) is 6.32. The van der Waals surface area contributed by atoms with Crippen molar-refractivity contribution < 1.29 is 14.3 Å². The summed E-state index contributed by atoms with van der Waals surface area (Å²) >= 11 is 5.71. The van der Waals surface area contributed by atoms with Crippen LogP contribution in [0.1, 0.15) is 16.2 Å². The third-order valence-corrected chi connectivity index (χ3v) is 3.62. The number of carbonyl (C=O) groups excluding carboxylic acids is 1. The van der Waals surface area contributed by atoms with E-state index in [4.69, 9.17) is 11.6 Å². The number of aliphatic hydroxyl groups excluding tert-OH is 1. The van der Waals surface area contributed by atoms with E-state index in [-0.39, 0.29) is 35.4 Å². The second-order valence-corrected chi connectivity index (χ2v) is 5.33. The molecule has 0 bridgehead atoms. The van der Waals surface area contributed by atoms with Crippen molar-refractivity contribution in [1.29, 1.82) is 0 Å². The summed E-state index contributed by atoms with van der Waals surface area (Å²) in [6.07, 6.45) is -0.488. The molecule has 0 saturated carbocycles. The summed E-state index contributed by atoms with van der Waals surface area (Å²) in [7, 11) is 0.